The van der Waals surface area contributed by atoms with E-state index in [2.05, 4.69) is 30.2 Å². The summed E-state index contributed by atoms with van der Waals surface area (Å²) in [7, 11) is 0. The van der Waals surface area contributed by atoms with Gasteiger partial charge in [-0.15, -0.1) is 0 Å². The number of benzene rings is 1. The molecule has 1 aromatic heterocycles. The fraction of sp³-hybridized carbons (Fsp3) is 0.500. The third kappa shape index (κ3) is 7.31. The van der Waals surface area contributed by atoms with E-state index in [-0.39, 0.29) is 29.4 Å². The van der Waals surface area contributed by atoms with Gasteiger partial charge in [-0.05, 0) is 57.4 Å². The Morgan fingerprint density at radius 3 is 2.48 bits per heavy atom. The molecule has 0 aliphatic heterocycles. The van der Waals surface area contributed by atoms with Crippen LogP contribution in [0.15, 0.2) is 36.4 Å². The summed E-state index contributed by atoms with van der Waals surface area (Å²) in [5.41, 5.74) is 2.34. The topological polar surface area (TPSA) is 106 Å². The lowest BCUT2D eigenvalue weighted by Crippen LogP contribution is -2.43. The number of β-amino-alcohol motifs (C(OH)–C–C–N with tert-alkyl or cyclic N) is 1. The van der Waals surface area contributed by atoms with E-state index < -0.39 is 12.7 Å². The average molecular weight is 430 g/mol. The highest BCUT2D eigenvalue weighted by molar-refractivity contribution is 5.78. The van der Waals surface area contributed by atoms with E-state index in [0.717, 1.165) is 17.5 Å². The molecule has 31 heavy (non-hydrogen) atoms. The molecule has 1 unspecified atom stereocenters. The molecule has 0 radical (unpaired) electrons. The third-order valence-corrected chi connectivity index (χ3v) is 5.35. The Morgan fingerprint density at radius 1 is 1.16 bits per heavy atom. The van der Waals surface area contributed by atoms with Gasteiger partial charge in [-0.2, -0.15) is 0 Å². The van der Waals surface area contributed by atoms with Crippen molar-refractivity contribution in [2.45, 2.75) is 58.8 Å². The summed E-state index contributed by atoms with van der Waals surface area (Å²) < 4.78 is 0. The van der Waals surface area contributed by atoms with E-state index in [4.69, 9.17) is 0 Å². The number of hydrogen-bond donors (Lipinski definition) is 4. The Kier molecular flexibility index (Phi) is 8.98. The van der Waals surface area contributed by atoms with Crippen molar-refractivity contribution < 1.29 is 20.1 Å². The van der Waals surface area contributed by atoms with Crippen LogP contribution in [0.3, 0.4) is 0 Å². The Hall–Kier alpha value is -2.48. The van der Waals surface area contributed by atoms with Crippen LogP contribution in [0.5, 0.6) is 5.75 Å². The predicted molar refractivity (Wildman–Crippen MR) is 121 cm³/mol. The van der Waals surface area contributed by atoms with Crippen molar-refractivity contribution in [3.8, 4) is 5.75 Å². The van der Waals surface area contributed by atoms with Crippen molar-refractivity contribution in [1.29, 1.82) is 0 Å². The molecule has 2 aromatic rings. The summed E-state index contributed by atoms with van der Waals surface area (Å²) in [6.45, 7) is 9.38. The van der Waals surface area contributed by atoms with Gasteiger partial charge in [0, 0.05) is 25.2 Å². The third-order valence-electron chi connectivity index (χ3n) is 5.35. The van der Waals surface area contributed by atoms with Gasteiger partial charge >= 0.3 is 0 Å². The quantitative estimate of drug-likeness (QED) is 0.437. The van der Waals surface area contributed by atoms with Crippen LogP contribution in [-0.4, -0.2) is 56.3 Å². The first-order valence-electron chi connectivity index (χ1n) is 10.8. The van der Waals surface area contributed by atoms with Crippen molar-refractivity contribution in [3.05, 3.63) is 58.9 Å². The van der Waals surface area contributed by atoms with E-state index in [1.54, 1.807) is 6.07 Å². The zero-order valence-electron chi connectivity index (χ0n) is 18.9. The maximum Gasteiger partial charge on any atom is 0.226 e. The molecule has 0 saturated heterocycles. The van der Waals surface area contributed by atoms with Crippen LogP contribution in [0.25, 0.3) is 0 Å². The molecule has 7 heteroatoms. The van der Waals surface area contributed by atoms with Gasteiger partial charge in [0.2, 0.25) is 5.91 Å². The zero-order valence-corrected chi connectivity index (χ0v) is 18.9. The molecule has 1 atom stereocenters. The highest BCUT2D eigenvalue weighted by Gasteiger charge is 2.21. The van der Waals surface area contributed by atoms with Gasteiger partial charge in [-0.1, -0.05) is 24.3 Å². The lowest BCUT2D eigenvalue weighted by Gasteiger charge is -2.28. The normalized spacial score (nSPS) is 12.6. The van der Waals surface area contributed by atoms with Gasteiger partial charge in [0.15, 0.2) is 0 Å². The first kappa shape index (κ1) is 24.8. The highest BCUT2D eigenvalue weighted by Crippen LogP contribution is 2.20. The van der Waals surface area contributed by atoms with Crippen molar-refractivity contribution >= 4 is 5.91 Å². The molecular weight excluding hydrogens is 394 g/mol. The number of carbonyl (C=O) groups excluding carboxylic acids is 1. The first-order valence-corrected chi connectivity index (χ1v) is 10.8. The second-order valence-electron chi connectivity index (χ2n) is 8.38. The molecule has 4 N–H and O–H groups in total. The number of aromatic hydroxyl groups is 1. The largest absolute Gasteiger partial charge is 0.506 e. The fourth-order valence-corrected chi connectivity index (χ4v) is 3.58. The van der Waals surface area contributed by atoms with Gasteiger partial charge in [-0.25, -0.2) is 4.98 Å². The molecule has 0 bridgehead atoms. The number of nitrogens with zero attached hydrogens (tertiary/aromatic N) is 2. The van der Waals surface area contributed by atoms with Crippen LogP contribution >= 0.6 is 0 Å². The molecule has 1 amide bonds. The van der Waals surface area contributed by atoms with Crippen LogP contribution in [-0.2, 0) is 24.2 Å². The maximum absolute atomic E-state index is 12.4. The molecule has 2 rings (SSSR count). The lowest BCUT2D eigenvalue weighted by molar-refractivity contribution is -0.130. The van der Waals surface area contributed by atoms with E-state index >= 15 is 0 Å². The number of rotatable bonds is 11. The van der Waals surface area contributed by atoms with E-state index in [1.165, 1.54) is 6.07 Å². The van der Waals surface area contributed by atoms with Crippen LogP contribution in [0.2, 0.25) is 0 Å². The van der Waals surface area contributed by atoms with Crippen molar-refractivity contribution in [1.82, 2.24) is 15.2 Å². The number of amides is 1. The number of carbonyl (C=O) groups is 1. The van der Waals surface area contributed by atoms with Gasteiger partial charge < -0.3 is 25.5 Å². The number of hydrogen-bond acceptors (Lipinski definition) is 6. The molecule has 0 saturated carbocycles. The van der Waals surface area contributed by atoms with Gasteiger partial charge in [0.25, 0.3) is 0 Å². The number of pyridine rings is 1. The molecule has 0 aliphatic rings. The van der Waals surface area contributed by atoms with Crippen LogP contribution in [0.1, 0.15) is 56.3 Å². The summed E-state index contributed by atoms with van der Waals surface area (Å²) >= 11 is 0. The minimum absolute atomic E-state index is 0.0916. The van der Waals surface area contributed by atoms with Crippen LogP contribution < -0.4 is 5.32 Å². The highest BCUT2D eigenvalue weighted by atomic mass is 16.3. The maximum atomic E-state index is 12.4. The van der Waals surface area contributed by atoms with Gasteiger partial charge in [0.1, 0.15) is 17.5 Å². The minimum atomic E-state index is -0.872. The van der Waals surface area contributed by atoms with E-state index in [0.29, 0.717) is 25.2 Å². The average Bonchev–Trinajstić information content (AvgIpc) is 2.73. The predicted octanol–water partition coefficient (Wildman–Crippen LogP) is 2.33. The van der Waals surface area contributed by atoms with Gasteiger partial charge in [0.05, 0.1) is 18.7 Å². The minimum Gasteiger partial charge on any atom is -0.506 e. The first-order chi connectivity index (χ1) is 14.7. The van der Waals surface area contributed by atoms with E-state index in [1.807, 2.05) is 36.9 Å². The summed E-state index contributed by atoms with van der Waals surface area (Å²) in [5, 5.41) is 32.7. The molecule has 1 aromatic carbocycles. The number of nitrogens with one attached hydrogen (secondary N) is 1. The summed E-state index contributed by atoms with van der Waals surface area (Å²) in [6, 6.07) is 11.0. The van der Waals surface area contributed by atoms with Crippen molar-refractivity contribution in [2.75, 3.05) is 19.6 Å². The standard InChI is InChI=1S/C24H35N3O4/c1-5-27(6-2)23(31)13-17-8-7-9-18(12-17)14-24(3,4)25-15-22(30)19-10-11-21(29)20(16-28)26-19/h7-12,22,25,28-30H,5-6,13-16H2,1-4H3. The molecule has 0 aliphatic carbocycles. The molecule has 170 valence electrons. The molecular formula is C24H35N3O4. The second-order valence-corrected chi connectivity index (χ2v) is 8.38. The van der Waals surface area contributed by atoms with Crippen LogP contribution in [0.4, 0.5) is 0 Å². The molecule has 0 fully saturated rings. The molecule has 0 spiro atoms. The SMILES string of the molecule is CCN(CC)C(=O)Cc1cccc(CC(C)(C)NCC(O)c2ccc(O)c(CO)n2)c1. The Labute approximate surface area is 184 Å². The van der Waals surface area contributed by atoms with Gasteiger partial charge in [-0.3, -0.25) is 4.79 Å². The van der Waals surface area contributed by atoms with Crippen molar-refractivity contribution in [3.63, 3.8) is 0 Å². The number of aliphatic hydroxyl groups excluding tert-OH is 2. The number of aromatic nitrogens is 1. The van der Waals surface area contributed by atoms with Crippen molar-refractivity contribution in [2.24, 2.45) is 0 Å². The Morgan fingerprint density at radius 2 is 1.84 bits per heavy atom. The summed E-state index contributed by atoms with van der Waals surface area (Å²) in [4.78, 5) is 18.3. The lowest BCUT2D eigenvalue weighted by atomic mass is 9.93. The summed E-state index contributed by atoms with van der Waals surface area (Å²) in [5.74, 6) is 0.0393. The zero-order chi connectivity index (χ0) is 23.0. The van der Waals surface area contributed by atoms with E-state index in [9.17, 15) is 20.1 Å². The Bertz CT molecular complexity index is 866. The number of likely N-dealkylation sites (N-methyl/N-ethyl adjacent to an activating group) is 1. The smallest absolute Gasteiger partial charge is 0.226 e. The summed E-state index contributed by atoms with van der Waals surface area (Å²) in [6.07, 6.45) is 0.239. The molecule has 7 nitrogen and oxygen atoms in total. The fourth-order valence-electron chi connectivity index (χ4n) is 3.58. The number of aliphatic hydroxyl groups is 2. The molecule has 1 heterocycles. The Balaban J connectivity index is 1.98. The second kappa shape index (κ2) is 11.2. The van der Waals surface area contributed by atoms with Crippen LogP contribution in [0, 0.1) is 0 Å². The monoisotopic (exact) mass is 429 g/mol.